The molecular weight excluding hydrogens is 179 g/mol. The van der Waals surface area contributed by atoms with Crippen molar-refractivity contribution >= 4 is 13.5 Å². The summed E-state index contributed by atoms with van der Waals surface area (Å²) in [7, 11) is -0.356. The van der Waals surface area contributed by atoms with E-state index in [4.69, 9.17) is 0 Å². The van der Waals surface area contributed by atoms with Gasteiger partial charge in [-0.15, -0.1) is 0 Å². The maximum absolute atomic E-state index is 3.45. The molecule has 2 N–H and O–H groups in total. The van der Waals surface area contributed by atoms with Crippen LogP contribution < -0.4 is 15.5 Å². The van der Waals surface area contributed by atoms with Crippen LogP contribution in [0.1, 0.15) is 13.8 Å². The summed E-state index contributed by atoms with van der Waals surface area (Å²) in [5, 5.41) is 8.27. The van der Waals surface area contributed by atoms with Gasteiger partial charge in [-0.2, -0.15) is 0 Å². The Morgan fingerprint density at radius 1 is 1.00 bits per heavy atom. The van der Waals surface area contributed by atoms with Crippen LogP contribution in [-0.2, 0) is 0 Å². The van der Waals surface area contributed by atoms with Gasteiger partial charge in [0.25, 0.3) is 0 Å². The number of nitrogens with one attached hydrogen (secondary N) is 2. The second kappa shape index (κ2) is 6.09. The molecule has 0 unspecified atom stereocenters. The average Bonchev–Trinajstić information content (AvgIpc) is 2.19. The summed E-state index contributed by atoms with van der Waals surface area (Å²) in [6.07, 6.45) is 0. The summed E-state index contributed by atoms with van der Waals surface area (Å²) in [5.41, 5.74) is 0. The Kier molecular flexibility index (Phi) is 4.99. The Hall–Kier alpha value is -0.430. The highest BCUT2D eigenvalue weighted by molar-refractivity contribution is 7.61. The SMILES string of the molecule is CCNP(NCC)c1ccccc1. The molecule has 0 fully saturated rings. The molecule has 2 nitrogen and oxygen atoms in total. The van der Waals surface area contributed by atoms with Gasteiger partial charge in [0.2, 0.25) is 0 Å². The second-order valence-electron chi connectivity index (χ2n) is 2.69. The predicted molar refractivity (Wildman–Crippen MR) is 60.3 cm³/mol. The lowest BCUT2D eigenvalue weighted by Gasteiger charge is -2.18. The molecule has 1 aromatic rings. The van der Waals surface area contributed by atoms with Gasteiger partial charge in [-0.1, -0.05) is 44.2 Å². The van der Waals surface area contributed by atoms with E-state index < -0.39 is 0 Å². The Morgan fingerprint density at radius 2 is 1.54 bits per heavy atom. The largest absolute Gasteiger partial charge is 0.280 e. The van der Waals surface area contributed by atoms with Crippen molar-refractivity contribution in [2.24, 2.45) is 0 Å². The zero-order valence-electron chi connectivity index (χ0n) is 8.25. The molecule has 0 amide bonds. The molecular formula is C10H17N2P. The van der Waals surface area contributed by atoms with Gasteiger partial charge in [0, 0.05) is 5.30 Å². The van der Waals surface area contributed by atoms with E-state index in [-0.39, 0.29) is 8.22 Å². The van der Waals surface area contributed by atoms with Crippen molar-refractivity contribution in [1.29, 1.82) is 0 Å². The van der Waals surface area contributed by atoms with Gasteiger partial charge >= 0.3 is 0 Å². The molecule has 0 aliphatic rings. The summed E-state index contributed by atoms with van der Waals surface area (Å²) in [6, 6.07) is 10.5. The van der Waals surface area contributed by atoms with Crippen LogP contribution in [0.4, 0.5) is 0 Å². The Bertz CT molecular complexity index is 220. The van der Waals surface area contributed by atoms with Gasteiger partial charge in [0.15, 0.2) is 0 Å². The molecule has 13 heavy (non-hydrogen) atoms. The van der Waals surface area contributed by atoms with Crippen LogP contribution in [0.3, 0.4) is 0 Å². The first-order chi connectivity index (χ1) is 6.38. The first kappa shape index (κ1) is 10.6. The highest BCUT2D eigenvalue weighted by atomic mass is 31.1. The van der Waals surface area contributed by atoms with Crippen molar-refractivity contribution in [2.75, 3.05) is 13.1 Å². The fourth-order valence-corrected chi connectivity index (χ4v) is 2.71. The van der Waals surface area contributed by atoms with Crippen LogP contribution in [-0.4, -0.2) is 13.1 Å². The van der Waals surface area contributed by atoms with Crippen molar-refractivity contribution in [1.82, 2.24) is 10.2 Å². The zero-order chi connectivity index (χ0) is 9.52. The van der Waals surface area contributed by atoms with Gasteiger partial charge in [0.1, 0.15) is 0 Å². The summed E-state index contributed by atoms with van der Waals surface area (Å²) in [6.45, 7) is 6.28. The van der Waals surface area contributed by atoms with Gasteiger partial charge in [0.05, 0.1) is 8.22 Å². The number of benzene rings is 1. The van der Waals surface area contributed by atoms with Gasteiger partial charge in [-0.25, -0.2) is 0 Å². The number of rotatable bonds is 5. The molecule has 1 aromatic carbocycles. The number of hydrogen-bond acceptors (Lipinski definition) is 2. The lowest BCUT2D eigenvalue weighted by molar-refractivity contribution is 0.951. The summed E-state index contributed by atoms with van der Waals surface area (Å²) in [5.74, 6) is 0. The van der Waals surface area contributed by atoms with Crippen LogP contribution in [0.5, 0.6) is 0 Å². The molecule has 0 radical (unpaired) electrons. The van der Waals surface area contributed by atoms with Crippen LogP contribution in [0.2, 0.25) is 0 Å². The van der Waals surface area contributed by atoms with Crippen molar-refractivity contribution in [3.63, 3.8) is 0 Å². The normalized spacial score (nSPS) is 10.7. The molecule has 0 bridgehead atoms. The van der Waals surface area contributed by atoms with Gasteiger partial charge < -0.3 is 0 Å². The smallest absolute Gasteiger partial charge is 0.0667 e. The quantitative estimate of drug-likeness (QED) is 0.702. The third-order valence-electron chi connectivity index (χ3n) is 1.65. The molecule has 0 atom stereocenters. The van der Waals surface area contributed by atoms with E-state index in [0.717, 1.165) is 13.1 Å². The van der Waals surface area contributed by atoms with Crippen molar-refractivity contribution in [3.05, 3.63) is 30.3 Å². The van der Waals surface area contributed by atoms with E-state index in [9.17, 15) is 0 Å². The Balaban J connectivity index is 2.64. The van der Waals surface area contributed by atoms with Crippen LogP contribution in [0.25, 0.3) is 0 Å². The molecule has 0 heterocycles. The average molecular weight is 196 g/mol. The van der Waals surface area contributed by atoms with Gasteiger partial charge in [-0.3, -0.25) is 10.2 Å². The van der Waals surface area contributed by atoms with Crippen LogP contribution in [0.15, 0.2) is 30.3 Å². The molecule has 0 aliphatic carbocycles. The Morgan fingerprint density at radius 3 is 2.00 bits per heavy atom. The first-order valence-corrected chi connectivity index (χ1v) is 6.04. The van der Waals surface area contributed by atoms with Gasteiger partial charge in [-0.05, 0) is 13.1 Å². The fraction of sp³-hybridized carbons (Fsp3) is 0.400. The second-order valence-corrected chi connectivity index (χ2v) is 4.51. The monoisotopic (exact) mass is 196 g/mol. The third kappa shape index (κ3) is 3.43. The summed E-state index contributed by atoms with van der Waals surface area (Å²) >= 11 is 0. The molecule has 72 valence electrons. The van der Waals surface area contributed by atoms with Crippen molar-refractivity contribution in [3.8, 4) is 0 Å². The van der Waals surface area contributed by atoms with E-state index in [1.54, 1.807) is 0 Å². The van der Waals surface area contributed by atoms with Crippen molar-refractivity contribution < 1.29 is 0 Å². The predicted octanol–water partition coefficient (Wildman–Crippen LogP) is 1.84. The van der Waals surface area contributed by atoms with E-state index in [1.807, 2.05) is 0 Å². The topological polar surface area (TPSA) is 24.1 Å². The van der Waals surface area contributed by atoms with E-state index in [0.29, 0.717) is 0 Å². The number of hydrogen-bond donors (Lipinski definition) is 2. The molecule has 1 rings (SSSR count). The third-order valence-corrected chi connectivity index (χ3v) is 3.73. The summed E-state index contributed by atoms with van der Waals surface area (Å²) in [4.78, 5) is 0. The van der Waals surface area contributed by atoms with E-state index >= 15 is 0 Å². The van der Waals surface area contributed by atoms with E-state index in [2.05, 4.69) is 54.4 Å². The molecule has 0 aliphatic heterocycles. The highest BCUT2D eigenvalue weighted by Gasteiger charge is 2.06. The fourth-order valence-electron chi connectivity index (χ4n) is 1.13. The van der Waals surface area contributed by atoms with Crippen molar-refractivity contribution in [2.45, 2.75) is 13.8 Å². The molecule has 3 heteroatoms. The standard InChI is InChI=1S/C10H17N2P/c1-3-11-13(12-4-2)10-8-6-5-7-9-10/h5-9,11-12H,3-4H2,1-2H3. The molecule has 0 spiro atoms. The van der Waals surface area contributed by atoms with Crippen LogP contribution >= 0.6 is 8.22 Å². The lowest BCUT2D eigenvalue weighted by Crippen LogP contribution is -2.25. The zero-order valence-corrected chi connectivity index (χ0v) is 9.14. The Labute approximate surface area is 81.6 Å². The van der Waals surface area contributed by atoms with E-state index in [1.165, 1.54) is 5.30 Å². The summed E-state index contributed by atoms with van der Waals surface area (Å²) < 4.78 is 0. The van der Waals surface area contributed by atoms with Crippen LogP contribution in [0, 0.1) is 0 Å². The minimum Gasteiger partial charge on any atom is -0.280 e. The molecule has 0 saturated heterocycles. The minimum absolute atomic E-state index is 0.356. The minimum atomic E-state index is -0.356. The molecule has 0 saturated carbocycles. The maximum atomic E-state index is 3.45. The molecule has 0 aromatic heterocycles. The maximum Gasteiger partial charge on any atom is 0.0667 e. The highest BCUT2D eigenvalue weighted by Crippen LogP contribution is 2.22. The lowest BCUT2D eigenvalue weighted by atomic mass is 10.4. The first-order valence-electron chi connectivity index (χ1n) is 4.70.